The third-order valence-electron chi connectivity index (χ3n) is 4.92. The molecule has 0 saturated carbocycles. The molecular formula is C27H24O5. The van der Waals surface area contributed by atoms with Crippen molar-refractivity contribution in [3.63, 3.8) is 0 Å². The summed E-state index contributed by atoms with van der Waals surface area (Å²) in [7, 11) is 0. The summed E-state index contributed by atoms with van der Waals surface area (Å²) < 4.78 is 16.9. The highest BCUT2D eigenvalue weighted by Gasteiger charge is 2.29. The van der Waals surface area contributed by atoms with Gasteiger partial charge in [-0.05, 0) is 44.0 Å². The van der Waals surface area contributed by atoms with E-state index in [-0.39, 0.29) is 11.0 Å². The van der Waals surface area contributed by atoms with E-state index in [1.165, 1.54) is 6.26 Å². The molecule has 0 aliphatic carbocycles. The Morgan fingerprint density at radius 1 is 0.844 bits per heavy atom. The maximum absolute atomic E-state index is 13.4. The molecule has 0 aliphatic rings. The van der Waals surface area contributed by atoms with E-state index in [2.05, 4.69) is 0 Å². The summed E-state index contributed by atoms with van der Waals surface area (Å²) in [6, 6.07) is 24.2. The van der Waals surface area contributed by atoms with Gasteiger partial charge < -0.3 is 13.9 Å². The molecule has 1 atom stereocenters. The second kappa shape index (κ2) is 8.71. The summed E-state index contributed by atoms with van der Waals surface area (Å²) in [5.41, 5.74) is 2.12. The molecule has 32 heavy (non-hydrogen) atoms. The summed E-state index contributed by atoms with van der Waals surface area (Å²) in [5.74, 6) is 0. The number of ether oxygens (including phenoxy) is 2. The van der Waals surface area contributed by atoms with Crippen molar-refractivity contribution in [3.8, 4) is 11.1 Å². The van der Waals surface area contributed by atoms with E-state index in [4.69, 9.17) is 13.9 Å². The van der Waals surface area contributed by atoms with Gasteiger partial charge >= 0.3 is 6.16 Å². The Hall–Kier alpha value is -3.86. The van der Waals surface area contributed by atoms with Crippen molar-refractivity contribution in [1.29, 1.82) is 0 Å². The lowest BCUT2D eigenvalue weighted by Crippen LogP contribution is -2.27. The van der Waals surface area contributed by atoms with Crippen molar-refractivity contribution >= 4 is 17.1 Å². The quantitative estimate of drug-likeness (QED) is 0.347. The number of fused-ring (bicyclic) bond motifs is 1. The Labute approximate surface area is 186 Å². The molecule has 162 valence electrons. The van der Waals surface area contributed by atoms with Crippen LogP contribution in [0.25, 0.3) is 22.1 Å². The van der Waals surface area contributed by atoms with E-state index in [0.29, 0.717) is 16.5 Å². The smallest absolute Gasteiger partial charge is 0.464 e. The fraction of sp³-hybridized carbons (Fsp3) is 0.185. The van der Waals surface area contributed by atoms with Crippen molar-refractivity contribution in [2.24, 2.45) is 0 Å². The lowest BCUT2D eigenvalue weighted by molar-refractivity contribution is -0.0203. The molecule has 0 spiro atoms. The van der Waals surface area contributed by atoms with Crippen LogP contribution in [0.4, 0.5) is 4.79 Å². The van der Waals surface area contributed by atoms with Gasteiger partial charge in [0.05, 0.1) is 10.9 Å². The zero-order valence-electron chi connectivity index (χ0n) is 18.2. The number of benzene rings is 3. The van der Waals surface area contributed by atoms with Crippen molar-refractivity contribution in [2.45, 2.75) is 32.5 Å². The van der Waals surface area contributed by atoms with Crippen LogP contribution in [0.3, 0.4) is 0 Å². The van der Waals surface area contributed by atoms with Crippen molar-refractivity contribution < 1.29 is 18.7 Å². The second-order valence-electron chi connectivity index (χ2n) is 8.43. The van der Waals surface area contributed by atoms with Gasteiger partial charge in [-0.1, -0.05) is 66.7 Å². The molecule has 0 aliphatic heterocycles. The molecule has 0 saturated heterocycles. The zero-order valence-corrected chi connectivity index (χ0v) is 18.2. The summed E-state index contributed by atoms with van der Waals surface area (Å²) in [5, 5.41) is 0.417. The van der Waals surface area contributed by atoms with Gasteiger partial charge in [-0.2, -0.15) is 0 Å². The largest absolute Gasteiger partial charge is 0.509 e. The predicted molar refractivity (Wildman–Crippen MR) is 124 cm³/mol. The highest BCUT2D eigenvalue weighted by molar-refractivity contribution is 5.77. The van der Waals surface area contributed by atoms with Crippen LogP contribution >= 0.6 is 0 Å². The summed E-state index contributed by atoms with van der Waals surface area (Å²) in [4.78, 5) is 26.0. The second-order valence-corrected chi connectivity index (χ2v) is 8.43. The van der Waals surface area contributed by atoms with Crippen LogP contribution in [-0.2, 0) is 9.47 Å². The average molecular weight is 428 g/mol. The third-order valence-corrected chi connectivity index (χ3v) is 4.92. The lowest BCUT2D eigenvalue weighted by atomic mass is 9.93. The first-order valence-corrected chi connectivity index (χ1v) is 10.4. The molecular weight excluding hydrogens is 404 g/mol. The number of rotatable bonds is 4. The van der Waals surface area contributed by atoms with E-state index in [1.54, 1.807) is 45.0 Å². The molecule has 5 nitrogen and oxygen atoms in total. The lowest BCUT2D eigenvalue weighted by Gasteiger charge is -2.24. The van der Waals surface area contributed by atoms with E-state index in [9.17, 15) is 9.59 Å². The van der Waals surface area contributed by atoms with Crippen molar-refractivity contribution in [1.82, 2.24) is 0 Å². The molecule has 0 N–H and O–H groups in total. The topological polar surface area (TPSA) is 65.7 Å². The number of para-hydroxylation sites is 1. The molecule has 3 aromatic carbocycles. The Morgan fingerprint density at radius 2 is 1.50 bits per heavy atom. The SMILES string of the molecule is CC(C)(C)OC(=O)OC(c1ccccc1-c1ccccc1)c1coc2ccccc2c1=O. The van der Waals surface area contributed by atoms with Gasteiger partial charge in [-0.3, -0.25) is 4.79 Å². The molecule has 4 rings (SSSR count). The molecule has 1 aromatic heterocycles. The highest BCUT2D eigenvalue weighted by atomic mass is 16.7. The van der Waals surface area contributed by atoms with Gasteiger partial charge in [-0.25, -0.2) is 4.79 Å². The maximum Gasteiger partial charge on any atom is 0.509 e. The summed E-state index contributed by atoms with van der Waals surface area (Å²) in [6.07, 6.45) is -0.512. The minimum atomic E-state index is -1.01. The Morgan fingerprint density at radius 3 is 2.25 bits per heavy atom. The van der Waals surface area contributed by atoms with Crippen LogP contribution in [0, 0.1) is 0 Å². The standard InChI is InChI=1S/C27H24O5/c1-27(2,3)32-26(29)31-25(22-17-30-23-16-10-9-15-21(23)24(22)28)20-14-8-7-13-19(20)18-11-5-4-6-12-18/h4-17,25H,1-3H3. The van der Waals surface area contributed by atoms with E-state index < -0.39 is 17.9 Å². The molecule has 1 heterocycles. The number of carbonyl (C=O) groups excluding carboxylic acids is 1. The monoisotopic (exact) mass is 428 g/mol. The average Bonchev–Trinajstić information content (AvgIpc) is 2.78. The number of hydrogen-bond donors (Lipinski definition) is 0. The Balaban J connectivity index is 1.88. The third kappa shape index (κ3) is 4.57. The predicted octanol–water partition coefficient (Wildman–Crippen LogP) is 6.50. The van der Waals surface area contributed by atoms with Gasteiger partial charge in [0.2, 0.25) is 0 Å². The van der Waals surface area contributed by atoms with E-state index in [1.807, 2.05) is 54.6 Å². The molecule has 0 fully saturated rings. The molecule has 0 radical (unpaired) electrons. The van der Waals surface area contributed by atoms with Crippen LogP contribution in [0.2, 0.25) is 0 Å². The number of hydrogen-bond acceptors (Lipinski definition) is 5. The molecule has 5 heteroatoms. The fourth-order valence-electron chi connectivity index (χ4n) is 3.54. The summed E-state index contributed by atoms with van der Waals surface area (Å²) >= 11 is 0. The summed E-state index contributed by atoms with van der Waals surface area (Å²) in [6.45, 7) is 5.27. The zero-order chi connectivity index (χ0) is 22.7. The molecule has 4 aromatic rings. The highest BCUT2D eigenvalue weighted by Crippen LogP contribution is 2.34. The van der Waals surface area contributed by atoms with Gasteiger partial charge in [0.1, 0.15) is 17.4 Å². The van der Waals surface area contributed by atoms with Crippen LogP contribution in [0.5, 0.6) is 0 Å². The molecule has 0 bridgehead atoms. The Bertz CT molecular complexity index is 1300. The maximum atomic E-state index is 13.4. The van der Waals surface area contributed by atoms with E-state index >= 15 is 0 Å². The van der Waals surface area contributed by atoms with Gasteiger partial charge in [0.25, 0.3) is 0 Å². The molecule has 0 amide bonds. The minimum Gasteiger partial charge on any atom is -0.464 e. The van der Waals surface area contributed by atoms with Crippen LogP contribution in [0.1, 0.15) is 38.0 Å². The van der Waals surface area contributed by atoms with Gasteiger partial charge in [-0.15, -0.1) is 0 Å². The van der Waals surface area contributed by atoms with Gasteiger partial charge in [0, 0.05) is 5.56 Å². The first-order chi connectivity index (χ1) is 15.3. The van der Waals surface area contributed by atoms with Crippen LogP contribution in [0.15, 0.2) is 94.3 Å². The fourth-order valence-corrected chi connectivity index (χ4v) is 3.54. The normalized spacial score (nSPS) is 12.3. The molecule has 1 unspecified atom stereocenters. The van der Waals surface area contributed by atoms with Crippen molar-refractivity contribution in [3.05, 3.63) is 106 Å². The van der Waals surface area contributed by atoms with Crippen molar-refractivity contribution in [2.75, 3.05) is 0 Å². The van der Waals surface area contributed by atoms with Crippen LogP contribution in [-0.4, -0.2) is 11.8 Å². The number of carbonyl (C=O) groups is 1. The Kier molecular flexibility index (Phi) is 5.82. The van der Waals surface area contributed by atoms with E-state index in [0.717, 1.165) is 11.1 Å². The van der Waals surface area contributed by atoms with Gasteiger partial charge in [0.15, 0.2) is 11.5 Å². The van der Waals surface area contributed by atoms with Crippen LogP contribution < -0.4 is 5.43 Å². The first kappa shape index (κ1) is 21.4. The minimum absolute atomic E-state index is 0.220. The first-order valence-electron chi connectivity index (χ1n) is 10.4.